The number of hydrogen-bond donors (Lipinski definition) is 3. The summed E-state index contributed by atoms with van der Waals surface area (Å²) in [5.74, 6) is 0.649. The lowest BCUT2D eigenvalue weighted by molar-refractivity contribution is -0.131. The van der Waals surface area contributed by atoms with E-state index in [9.17, 15) is 4.79 Å². The molecule has 218 valence electrons. The third-order valence-electron chi connectivity index (χ3n) is 6.59. The number of halogens is 2. The Morgan fingerprint density at radius 2 is 1.63 bits per heavy atom. The first-order chi connectivity index (χ1) is 19.9. The molecule has 0 aliphatic carbocycles. The first kappa shape index (κ1) is 31.1. The predicted octanol–water partition coefficient (Wildman–Crippen LogP) is 4.71. The quantitative estimate of drug-likeness (QED) is 0.128. The highest BCUT2D eigenvalue weighted by Gasteiger charge is 2.53. The van der Waals surface area contributed by atoms with Crippen molar-refractivity contribution in [1.82, 2.24) is 10.9 Å². The Morgan fingerprint density at radius 1 is 1.00 bits per heavy atom. The van der Waals surface area contributed by atoms with Gasteiger partial charge in [-0.3, -0.25) is 10.2 Å². The van der Waals surface area contributed by atoms with Gasteiger partial charge in [0.2, 0.25) is 5.90 Å². The predicted molar refractivity (Wildman–Crippen MR) is 163 cm³/mol. The number of aliphatic imine (C=N–C) groups is 1. The number of ether oxygens (including phenoxy) is 4. The monoisotopic (exact) mass is 689 g/mol. The Hall–Kier alpha value is -2.80. The lowest BCUT2D eigenvalue weighted by Crippen LogP contribution is -2.55. The summed E-state index contributed by atoms with van der Waals surface area (Å²) in [6.07, 6.45) is -0.448. The van der Waals surface area contributed by atoms with Gasteiger partial charge >= 0.3 is 0 Å². The van der Waals surface area contributed by atoms with Crippen LogP contribution in [-0.4, -0.2) is 62.7 Å². The summed E-state index contributed by atoms with van der Waals surface area (Å²) in [5, 5.41) is 9.02. The molecule has 41 heavy (non-hydrogen) atoms. The van der Waals surface area contributed by atoms with Crippen LogP contribution in [0.1, 0.15) is 29.2 Å². The second kappa shape index (κ2) is 14.9. The van der Waals surface area contributed by atoms with Crippen molar-refractivity contribution in [2.45, 2.75) is 30.8 Å². The molecule has 1 aliphatic heterocycles. The van der Waals surface area contributed by atoms with Gasteiger partial charge in [-0.2, -0.15) is 0 Å². The van der Waals surface area contributed by atoms with Crippen molar-refractivity contribution in [1.29, 1.82) is 0 Å². The summed E-state index contributed by atoms with van der Waals surface area (Å²) < 4.78 is 24.5. The molecule has 4 rings (SSSR count). The Labute approximate surface area is 256 Å². The average molecular weight is 691 g/mol. The maximum Gasteiger partial charge on any atom is 0.266 e. The van der Waals surface area contributed by atoms with Crippen LogP contribution >= 0.6 is 31.9 Å². The number of nitrogens with zero attached hydrogens (tertiary/aromatic N) is 1. The third kappa shape index (κ3) is 7.94. The van der Waals surface area contributed by atoms with E-state index < -0.39 is 17.9 Å². The van der Waals surface area contributed by atoms with Gasteiger partial charge in [-0.1, -0.05) is 56.1 Å². The number of carbonyl (C=O) groups excluding carboxylic acids is 1. The van der Waals surface area contributed by atoms with Crippen LogP contribution in [0.15, 0.2) is 86.7 Å². The maximum absolute atomic E-state index is 14.1. The van der Waals surface area contributed by atoms with E-state index in [4.69, 9.17) is 29.0 Å². The number of rotatable bonds is 14. The highest BCUT2D eigenvalue weighted by molar-refractivity contribution is 9.10. The van der Waals surface area contributed by atoms with Crippen LogP contribution in [0.25, 0.3) is 0 Å². The Morgan fingerprint density at radius 3 is 2.24 bits per heavy atom. The molecule has 0 radical (unpaired) electrons. The fraction of sp³-hybridized carbons (Fsp3) is 0.333. The van der Waals surface area contributed by atoms with E-state index >= 15 is 0 Å². The molecule has 9 nitrogen and oxygen atoms in total. The second-order valence-electron chi connectivity index (χ2n) is 9.38. The fourth-order valence-corrected chi connectivity index (χ4v) is 4.95. The van der Waals surface area contributed by atoms with Gasteiger partial charge in [-0.15, -0.1) is 0 Å². The number of benzene rings is 3. The van der Waals surface area contributed by atoms with Crippen LogP contribution in [0.3, 0.4) is 0 Å². The zero-order valence-corrected chi connectivity index (χ0v) is 26.0. The van der Waals surface area contributed by atoms with Crippen LogP contribution in [-0.2, 0) is 25.4 Å². The Kier molecular flexibility index (Phi) is 11.3. The van der Waals surface area contributed by atoms with Crippen molar-refractivity contribution >= 4 is 43.7 Å². The minimum atomic E-state index is -1.35. The number of amides is 1. The van der Waals surface area contributed by atoms with Gasteiger partial charge in [0, 0.05) is 48.2 Å². The highest BCUT2D eigenvalue weighted by atomic mass is 79.9. The van der Waals surface area contributed by atoms with E-state index in [1.165, 1.54) is 14.2 Å². The smallest absolute Gasteiger partial charge is 0.266 e. The van der Waals surface area contributed by atoms with Crippen LogP contribution in [0.2, 0.25) is 0 Å². The first-order valence-corrected chi connectivity index (χ1v) is 14.7. The fourth-order valence-electron chi connectivity index (χ4n) is 4.42. The molecule has 3 N–H and O–H groups in total. The molecule has 0 saturated heterocycles. The number of carbonyl (C=O) groups is 1. The number of hydrazine groups is 1. The Balaban J connectivity index is 1.73. The molecular weight excluding hydrogens is 658 g/mol. The molecule has 3 aromatic carbocycles. The van der Waals surface area contributed by atoms with E-state index in [2.05, 4.69) is 42.7 Å². The van der Waals surface area contributed by atoms with Crippen molar-refractivity contribution in [3.05, 3.63) is 98.4 Å². The lowest BCUT2D eigenvalue weighted by atomic mass is 9.82. The van der Waals surface area contributed by atoms with Gasteiger partial charge in [0.05, 0.1) is 13.2 Å². The standard InChI is InChI=1S/C30H33Br2N3O6/c1-38-26(39-2)19-33-35-29(37)30(18-20-4-10-23(31)11-5-20)27(21-6-12-24(32)13-7-21)41-28(34-30)22-8-14-25(15-9-22)40-17-3-16-36/h4-15,26-27,33,36H,3,16-19H2,1-2H3,(H,35,37)/t27-,30-/m0/s1. The van der Waals surface area contributed by atoms with Crippen LogP contribution in [0.4, 0.5) is 0 Å². The van der Waals surface area contributed by atoms with Crippen molar-refractivity contribution in [2.24, 2.45) is 4.99 Å². The molecule has 1 amide bonds. The molecule has 11 heteroatoms. The normalized spacial score (nSPS) is 18.2. The largest absolute Gasteiger partial charge is 0.494 e. The molecule has 0 aromatic heterocycles. The molecule has 0 unspecified atom stereocenters. The van der Waals surface area contributed by atoms with Gasteiger partial charge in [0.15, 0.2) is 17.9 Å². The van der Waals surface area contributed by atoms with E-state index in [0.717, 1.165) is 20.1 Å². The zero-order valence-electron chi connectivity index (χ0n) is 22.8. The second-order valence-corrected chi connectivity index (χ2v) is 11.2. The highest BCUT2D eigenvalue weighted by Crippen LogP contribution is 2.43. The number of aliphatic hydroxyl groups excluding tert-OH is 1. The number of methoxy groups -OCH3 is 2. The van der Waals surface area contributed by atoms with Gasteiger partial charge in [0.1, 0.15) is 5.75 Å². The van der Waals surface area contributed by atoms with Crippen molar-refractivity contribution in [3.63, 3.8) is 0 Å². The third-order valence-corrected chi connectivity index (χ3v) is 7.64. The molecule has 1 heterocycles. The summed E-state index contributed by atoms with van der Waals surface area (Å²) in [6, 6.07) is 22.8. The lowest BCUT2D eigenvalue weighted by Gasteiger charge is -2.31. The summed E-state index contributed by atoms with van der Waals surface area (Å²) in [7, 11) is 3.06. The van der Waals surface area contributed by atoms with Gasteiger partial charge in [-0.25, -0.2) is 10.4 Å². The first-order valence-electron chi connectivity index (χ1n) is 13.1. The molecule has 2 atom stereocenters. The molecule has 0 saturated carbocycles. The van der Waals surface area contributed by atoms with Gasteiger partial charge in [0.25, 0.3) is 5.91 Å². The summed E-state index contributed by atoms with van der Waals surface area (Å²) >= 11 is 6.99. The van der Waals surface area contributed by atoms with E-state index in [0.29, 0.717) is 30.2 Å². The van der Waals surface area contributed by atoms with Gasteiger partial charge < -0.3 is 24.1 Å². The topological polar surface area (TPSA) is 111 Å². The molecule has 3 aromatic rings. The minimum absolute atomic E-state index is 0.0646. The summed E-state index contributed by atoms with van der Waals surface area (Å²) in [4.78, 5) is 19.1. The maximum atomic E-state index is 14.1. The zero-order chi connectivity index (χ0) is 29.2. The van der Waals surface area contributed by atoms with E-state index in [-0.39, 0.29) is 25.5 Å². The average Bonchev–Trinajstić information content (AvgIpc) is 3.37. The molecule has 0 fully saturated rings. The van der Waals surface area contributed by atoms with Crippen molar-refractivity contribution < 1.29 is 28.8 Å². The molecular formula is C30H33Br2N3O6. The molecule has 0 bridgehead atoms. The summed E-state index contributed by atoms with van der Waals surface area (Å²) in [5.41, 5.74) is 6.82. The SMILES string of the molecule is COC(CNNC(=O)[C@@]1(Cc2ccc(Br)cc2)N=C(c2ccc(OCCCO)cc2)O[C@H]1c1ccc(Br)cc1)OC. The van der Waals surface area contributed by atoms with E-state index in [1.54, 1.807) is 0 Å². The van der Waals surface area contributed by atoms with Gasteiger partial charge in [-0.05, 0) is 59.7 Å². The van der Waals surface area contributed by atoms with E-state index in [1.807, 2.05) is 72.8 Å². The Bertz CT molecular complexity index is 1300. The number of hydrogen-bond acceptors (Lipinski definition) is 8. The number of nitrogens with one attached hydrogen (secondary N) is 2. The van der Waals surface area contributed by atoms with Crippen LogP contribution in [0, 0.1) is 0 Å². The van der Waals surface area contributed by atoms with Crippen molar-refractivity contribution in [2.75, 3.05) is 34.0 Å². The van der Waals surface area contributed by atoms with Crippen LogP contribution < -0.4 is 15.6 Å². The summed E-state index contributed by atoms with van der Waals surface area (Å²) in [6.45, 7) is 0.704. The number of aliphatic hydroxyl groups is 1. The molecule has 1 aliphatic rings. The van der Waals surface area contributed by atoms with Crippen LogP contribution in [0.5, 0.6) is 5.75 Å². The van der Waals surface area contributed by atoms with Crippen molar-refractivity contribution in [3.8, 4) is 5.75 Å². The molecule has 0 spiro atoms. The minimum Gasteiger partial charge on any atom is -0.494 e.